The van der Waals surface area contributed by atoms with Crippen LogP contribution in [0, 0.1) is 19.8 Å². The highest BCUT2D eigenvalue weighted by molar-refractivity contribution is 7.93. The van der Waals surface area contributed by atoms with Gasteiger partial charge in [0.1, 0.15) is 0 Å². The Balaban J connectivity index is 1.96. The summed E-state index contributed by atoms with van der Waals surface area (Å²) in [5.74, 6) is 0.940. The molecular weight excluding hydrogens is 510 g/mol. The summed E-state index contributed by atoms with van der Waals surface area (Å²) in [5, 5.41) is 0.397. The van der Waals surface area contributed by atoms with Crippen LogP contribution in [0.5, 0.6) is 11.5 Å². The number of nitrogens with zero attached hydrogens (tertiary/aromatic N) is 1. The lowest BCUT2D eigenvalue weighted by Crippen LogP contribution is -2.36. The SMILES string of the molecule is COc1cc(/C=C/C(=O)N(c2cc(C)ccc2C)S(=O)(=O)c2ccc(Cl)cc2)ccc1OCCC(C)C. The van der Waals surface area contributed by atoms with Gasteiger partial charge in [0.05, 0.1) is 24.3 Å². The minimum Gasteiger partial charge on any atom is -0.493 e. The molecule has 0 heterocycles. The summed E-state index contributed by atoms with van der Waals surface area (Å²) < 4.78 is 39.4. The number of halogens is 1. The maximum absolute atomic E-state index is 13.6. The molecule has 0 aliphatic carbocycles. The number of hydrogen-bond acceptors (Lipinski definition) is 5. The van der Waals surface area contributed by atoms with E-state index in [2.05, 4.69) is 13.8 Å². The number of aryl methyl sites for hydroxylation is 2. The van der Waals surface area contributed by atoms with Crippen LogP contribution in [0.25, 0.3) is 6.08 Å². The summed E-state index contributed by atoms with van der Waals surface area (Å²) in [5.41, 5.74) is 2.42. The average Bonchev–Trinajstić information content (AvgIpc) is 2.85. The van der Waals surface area contributed by atoms with Gasteiger partial charge in [-0.3, -0.25) is 4.79 Å². The molecule has 3 aromatic rings. The molecule has 3 rings (SSSR count). The minimum absolute atomic E-state index is 0.0378. The maximum atomic E-state index is 13.6. The largest absolute Gasteiger partial charge is 0.493 e. The normalized spacial score (nSPS) is 11.6. The number of rotatable bonds is 10. The van der Waals surface area contributed by atoms with E-state index in [1.54, 1.807) is 50.4 Å². The number of carbonyl (C=O) groups excluding carboxylic acids is 1. The molecule has 0 aliphatic rings. The van der Waals surface area contributed by atoms with E-state index in [1.165, 1.54) is 30.3 Å². The Morgan fingerprint density at radius 1 is 1.00 bits per heavy atom. The lowest BCUT2D eigenvalue weighted by molar-refractivity contribution is -0.113. The zero-order valence-corrected chi connectivity index (χ0v) is 23.3. The fraction of sp³-hybridized carbons (Fsp3) is 0.276. The predicted octanol–water partition coefficient (Wildman–Crippen LogP) is 6.83. The van der Waals surface area contributed by atoms with Crippen LogP contribution in [0.4, 0.5) is 5.69 Å². The summed E-state index contributed by atoms with van der Waals surface area (Å²) in [7, 11) is -2.68. The van der Waals surface area contributed by atoms with Gasteiger partial charge < -0.3 is 9.47 Å². The molecule has 6 nitrogen and oxygen atoms in total. The lowest BCUT2D eigenvalue weighted by atomic mass is 10.1. The van der Waals surface area contributed by atoms with Crippen molar-refractivity contribution in [3.05, 3.63) is 88.5 Å². The Morgan fingerprint density at radius 3 is 2.35 bits per heavy atom. The maximum Gasteiger partial charge on any atom is 0.271 e. The first-order valence-corrected chi connectivity index (χ1v) is 13.8. The molecule has 0 atom stereocenters. The molecule has 3 aromatic carbocycles. The van der Waals surface area contributed by atoms with E-state index in [1.807, 2.05) is 13.0 Å². The average molecular weight is 542 g/mol. The number of hydrogen-bond donors (Lipinski definition) is 0. The second kappa shape index (κ2) is 12.3. The van der Waals surface area contributed by atoms with Gasteiger partial charge in [0, 0.05) is 11.1 Å². The van der Waals surface area contributed by atoms with Crippen molar-refractivity contribution >= 4 is 39.3 Å². The number of carbonyl (C=O) groups is 1. The van der Waals surface area contributed by atoms with Crippen LogP contribution in [0.1, 0.15) is 37.0 Å². The first-order valence-electron chi connectivity index (χ1n) is 11.9. The molecule has 0 bridgehead atoms. The summed E-state index contributed by atoms with van der Waals surface area (Å²) in [6, 6.07) is 16.4. The second-order valence-corrected chi connectivity index (χ2v) is 11.3. The van der Waals surface area contributed by atoms with Gasteiger partial charge in [-0.2, -0.15) is 4.31 Å². The number of ether oxygens (including phenoxy) is 2. The standard InChI is InChI=1S/C29H32ClNO5S/c1-20(2)16-17-36-27-14-8-23(19-28(27)35-5)9-15-29(32)31(26-18-21(3)6-7-22(26)4)37(33,34)25-12-10-24(30)11-13-25/h6-15,18-20H,16-17H2,1-5H3/b15-9+. The quantitative estimate of drug-likeness (QED) is 0.263. The lowest BCUT2D eigenvalue weighted by Gasteiger charge is -2.23. The highest BCUT2D eigenvalue weighted by Crippen LogP contribution is 2.31. The van der Waals surface area contributed by atoms with Crippen LogP contribution >= 0.6 is 11.6 Å². The molecule has 0 saturated carbocycles. The fourth-order valence-corrected chi connectivity index (χ4v) is 5.13. The van der Waals surface area contributed by atoms with E-state index in [-0.39, 0.29) is 10.6 Å². The fourth-order valence-electron chi connectivity index (χ4n) is 3.56. The highest BCUT2D eigenvalue weighted by atomic mass is 35.5. The molecule has 0 N–H and O–H groups in total. The van der Waals surface area contributed by atoms with Crippen molar-refractivity contribution in [1.82, 2.24) is 0 Å². The smallest absolute Gasteiger partial charge is 0.271 e. The number of methoxy groups -OCH3 is 1. The molecular formula is C29H32ClNO5S. The molecule has 8 heteroatoms. The molecule has 196 valence electrons. The molecule has 0 radical (unpaired) electrons. The topological polar surface area (TPSA) is 72.9 Å². The molecule has 37 heavy (non-hydrogen) atoms. The van der Waals surface area contributed by atoms with E-state index < -0.39 is 15.9 Å². The monoisotopic (exact) mass is 541 g/mol. The van der Waals surface area contributed by atoms with Crippen LogP contribution in [0.3, 0.4) is 0 Å². The summed E-state index contributed by atoms with van der Waals surface area (Å²) >= 11 is 5.96. The summed E-state index contributed by atoms with van der Waals surface area (Å²) in [6.45, 7) is 8.42. The van der Waals surface area contributed by atoms with Gasteiger partial charge in [-0.15, -0.1) is 0 Å². The third kappa shape index (κ3) is 7.14. The van der Waals surface area contributed by atoms with E-state index >= 15 is 0 Å². The van der Waals surface area contributed by atoms with Gasteiger partial charge in [-0.05, 0) is 91.4 Å². The minimum atomic E-state index is -4.22. The third-order valence-electron chi connectivity index (χ3n) is 5.69. The third-order valence-corrected chi connectivity index (χ3v) is 7.67. The molecule has 0 unspecified atom stereocenters. The molecule has 0 aliphatic heterocycles. The number of benzene rings is 3. The van der Waals surface area contributed by atoms with Gasteiger partial charge in [0.15, 0.2) is 11.5 Å². The van der Waals surface area contributed by atoms with E-state index in [9.17, 15) is 13.2 Å². The molecule has 0 fully saturated rings. The van der Waals surface area contributed by atoms with Crippen molar-refractivity contribution in [2.75, 3.05) is 18.0 Å². The first kappa shape index (κ1) is 28.3. The van der Waals surface area contributed by atoms with Crippen LogP contribution in [0.2, 0.25) is 5.02 Å². The van der Waals surface area contributed by atoms with Gasteiger partial charge in [0.2, 0.25) is 0 Å². The Hall–Kier alpha value is -3.29. The number of amides is 1. The van der Waals surface area contributed by atoms with Crippen molar-refractivity contribution in [2.45, 2.75) is 39.0 Å². The van der Waals surface area contributed by atoms with Gasteiger partial charge >= 0.3 is 0 Å². The Labute approximate surface area is 224 Å². The van der Waals surface area contributed by atoms with Crippen LogP contribution in [-0.2, 0) is 14.8 Å². The van der Waals surface area contributed by atoms with E-state index in [0.717, 1.165) is 16.3 Å². The van der Waals surface area contributed by atoms with E-state index in [4.69, 9.17) is 21.1 Å². The molecule has 1 amide bonds. The van der Waals surface area contributed by atoms with Gasteiger partial charge in [0.25, 0.3) is 15.9 Å². The van der Waals surface area contributed by atoms with Crippen LogP contribution < -0.4 is 13.8 Å². The second-order valence-electron chi connectivity index (χ2n) is 9.13. The van der Waals surface area contributed by atoms with Gasteiger partial charge in [-0.25, -0.2) is 8.42 Å². The first-order chi connectivity index (χ1) is 17.5. The van der Waals surface area contributed by atoms with Crippen molar-refractivity contribution in [3.8, 4) is 11.5 Å². The predicted molar refractivity (Wildman–Crippen MR) is 149 cm³/mol. The van der Waals surface area contributed by atoms with Crippen molar-refractivity contribution < 1.29 is 22.7 Å². The molecule has 0 spiro atoms. The van der Waals surface area contributed by atoms with Crippen molar-refractivity contribution in [1.29, 1.82) is 0 Å². The highest BCUT2D eigenvalue weighted by Gasteiger charge is 2.31. The Morgan fingerprint density at radius 2 is 1.70 bits per heavy atom. The molecule has 0 aromatic heterocycles. The number of sulfonamides is 1. The van der Waals surface area contributed by atoms with Crippen LogP contribution in [0.15, 0.2) is 71.6 Å². The van der Waals surface area contributed by atoms with E-state index in [0.29, 0.717) is 40.2 Å². The Bertz CT molecular complexity index is 1380. The number of anilines is 1. The Kier molecular flexibility index (Phi) is 9.40. The zero-order valence-electron chi connectivity index (χ0n) is 21.7. The van der Waals surface area contributed by atoms with Gasteiger partial charge in [-0.1, -0.05) is 43.6 Å². The molecule has 0 saturated heterocycles. The van der Waals surface area contributed by atoms with Crippen molar-refractivity contribution in [2.24, 2.45) is 5.92 Å². The van der Waals surface area contributed by atoms with Crippen molar-refractivity contribution in [3.63, 3.8) is 0 Å². The summed E-state index contributed by atoms with van der Waals surface area (Å²) in [4.78, 5) is 13.4. The summed E-state index contributed by atoms with van der Waals surface area (Å²) in [6.07, 6.45) is 3.71. The van der Waals surface area contributed by atoms with Crippen LogP contribution in [-0.4, -0.2) is 28.0 Å². The zero-order chi connectivity index (χ0) is 27.2.